The summed E-state index contributed by atoms with van der Waals surface area (Å²) >= 11 is 3.33. The number of nitrogens with zero attached hydrogens (tertiary/aromatic N) is 1. The van der Waals surface area contributed by atoms with Crippen molar-refractivity contribution in [3.8, 4) is 0 Å². The van der Waals surface area contributed by atoms with Crippen molar-refractivity contribution in [3.05, 3.63) is 52.2 Å². The lowest BCUT2D eigenvalue weighted by Crippen LogP contribution is -2.29. The summed E-state index contributed by atoms with van der Waals surface area (Å²) in [6, 6.07) is 8.98. The molecule has 0 bridgehead atoms. The van der Waals surface area contributed by atoms with Crippen molar-refractivity contribution in [3.63, 3.8) is 0 Å². The fraction of sp³-hybridized carbons (Fsp3) is 0.188. The van der Waals surface area contributed by atoms with E-state index in [1.807, 2.05) is 24.3 Å². The van der Waals surface area contributed by atoms with E-state index in [2.05, 4.69) is 26.4 Å². The number of anilines is 1. The van der Waals surface area contributed by atoms with Crippen molar-refractivity contribution in [2.45, 2.75) is 20.0 Å². The van der Waals surface area contributed by atoms with Gasteiger partial charge in [-0.3, -0.25) is 4.79 Å². The van der Waals surface area contributed by atoms with Crippen LogP contribution in [0.5, 0.6) is 0 Å². The molecule has 0 fully saturated rings. The second-order valence-electron chi connectivity index (χ2n) is 4.78. The summed E-state index contributed by atoms with van der Waals surface area (Å²) < 4.78 is 10.8. The smallest absolute Gasteiger partial charge is 0.331 e. The first kappa shape index (κ1) is 17.0. The topological polar surface area (TPSA) is 81.4 Å². The summed E-state index contributed by atoms with van der Waals surface area (Å²) in [5, 5.41) is 6.13. The van der Waals surface area contributed by atoms with Gasteiger partial charge in [0, 0.05) is 16.6 Å². The zero-order chi connectivity index (χ0) is 16.8. The molecule has 1 aromatic carbocycles. The van der Waals surface area contributed by atoms with E-state index < -0.39 is 18.0 Å². The number of halogens is 1. The van der Waals surface area contributed by atoms with Crippen LogP contribution in [0, 0.1) is 6.92 Å². The van der Waals surface area contributed by atoms with E-state index in [-0.39, 0.29) is 5.82 Å². The monoisotopic (exact) mass is 378 g/mol. The highest BCUT2D eigenvalue weighted by molar-refractivity contribution is 9.10. The largest absolute Gasteiger partial charge is 0.449 e. The standard InChI is InChI=1S/C16H15BrN2O4/c1-10-9-14(19-23-10)18-16(21)11(2)22-15(20)8-5-12-3-6-13(17)7-4-12/h3-9,11H,1-2H3,(H,18,19,21)/b8-5+/t11-/m1/s1. The SMILES string of the molecule is Cc1cc(NC(=O)[C@@H](C)OC(=O)/C=C/c2ccc(Br)cc2)no1. The number of aryl methyl sites for hydroxylation is 1. The maximum Gasteiger partial charge on any atom is 0.331 e. The number of hydrogen-bond donors (Lipinski definition) is 1. The third-order valence-corrected chi connectivity index (χ3v) is 3.35. The average Bonchev–Trinajstić information content (AvgIpc) is 2.91. The van der Waals surface area contributed by atoms with Gasteiger partial charge in [0.15, 0.2) is 11.9 Å². The van der Waals surface area contributed by atoms with Crippen LogP contribution in [0.3, 0.4) is 0 Å². The minimum Gasteiger partial charge on any atom is -0.449 e. The van der Waals surface area contributed by atoms with Crippen LogP contribution in [0.1, 0.15) is 18.2 Å². The van der Waals surface area contributed by atoms with Gasteiger partial charge in [-0.15, -0.1) is 0 Å². The number of esters is 1. The van der Waals surface area contributed by atoms with Gasteiger partial charge in [0.1, 0.15) is 5.76 Å². The van der Waals surface area contributed by atoms with E-state index in [9.17, 15) is 9.59 Å². The Morgan fingerprint density at radius 2 is 2.04 bits per heavy atom. The molecule has 1 N–H and O–H groups in total. The van der Waals surface area contributed by atoms with Crippen molar-refractivity contribution in [2.75, 3.05) is 5.32 Å². The Morgan fingerprint density at radius 1 is 1.35 bits per heavy atom. The number of ether oxygens (including phenoxy) is 1. The molecule has 0 unspecified atom stereocenters. The molecule has 2 rings (SSSR count). The van der Waals surface area contributed by atoms with Crippen molar-refractivity contribution in [1.82, 2.24) is 5.16 Å². The number of benzene rings is 1. The first-order chi connectivity index (χ1) is 10.9. The Kier molecular flexibility index (Phi) is 5.70. The molecular weight excluding hydrogens is 364 g/mol. The Balaban J connectivity index is 1.86. The molecule has 1 heterocycles. The molecule has 0 aliphatic carbocycles. The lowest BCUT2D eigenvalue weighted by molar-refractivity contribution is -0.148. The fourth-order valence-electron chi connectivity index (χ4n) is 1.66. The fourth-order valence-corrected chi connectivity index (χ4v) is 1.92. The molecule has 120 valence electrons. The van der Waals surface area contributed by atoms with Crippen LogP contribution >= 0.6 is 15.9 Å². The molecule has 1 amide bonds. The minimum absolute atomic E-state index is 0.279. The van der Waals surface area contributed by atoms with Gasteiger partial charge in [-0.2, -0.15) is 0 Å². The number of hydrogen-bond acceptors (Lipinski definition) is 5. The van der Waals surface area contributed by atoms with Gasteiger partial charge in [0.05, 0.1) is 0 Å². The summed E-state index contributed by atoms with van der Waals surface area (Å²) in [5.41, 5.74) is 0.848. The Labute approximate surface area is 141 Å². The van der Waals surface area contributed by atoms with E-state index in [4.69, 9.17) is 9.26 Å². The van der Waals surface area contributed by atoms with E-state index in [1.54, 1.807) is 19.1 Å². The normalized spacial score (nSPS) is 12.1. The van der Waals surface area contributed by atoms with Gasteiger partial charge >= 0.3 is 5.97 Å². The molecule has 0 spiro atoms. The predicted octanol–water partition coefficient (Wildman–Crippen LogP) is 3.33. The highest BCUT2D eigenvalue weighted by atomic mass is 79.9. The molecule has 1 aromatic heterocycles. The summed E-state index contributed by atoms with van der Waals surface area (Å²) in [7, 11) is 0. The molecule has 0 radical (unpaired) electrons. The molecule has 0 aliphatic heterocycles. The van der Waals surface area contributed by atoms with Crippen LogP contribution in [0.25, 0.3) is 6.08 Å². The number of aromatic nitrogens is 1. The molecule has 2 aromatic rings. The van der Waals surface area contributed by atoms with Gasteiger partial charge in [-0.25, -0.2) is 4.79 Å². The van der Waals surface area contributed by atoms with Crippen molar-refractivity contribution < 1.29 is 18.8 Å². The van der Waals surface area contributed by atoms with Gasteiger partial charge in [0.2, 0.25) is 0 Å². The maximum absolute atomic E-state index is 11.9. The van der Waals surface area contributed by atoms with Crippen LogP contribution < -0.4 is 5.32 Å². The second kappa shape index (κ2) is 7.73. The number of carbonyl (C=O) groups is 2. The summed E-state index contributed by atoms with van der Waals surface area (Å²) in [5.74, 6) is -0.237. The van der Waals surface area contributed by atoms with Crippen molar-refractivity contribution >= 4 is 39.7 Å². The number of amides is 1. The van der Waals surface area contributed by atoms with Crippen LogP contribution in [-0.2, 0) is 14.3 Å². The van der Waals surface area contributed by atoms with Crippen LogP contribution in [-0.4, -0.2) is 23.1 Å². The zero-order valence-electron chi connectivity index (χ0n) is 12.6. The first-order valence-electron chi connectivity index (χ1n) is 6.82. The quantitative estimate of drug-likeness (QED) is 0.637. The van der Waals surface area contributed by atoms with Crippen LogP contribution in [0.15, 0.2) is 45.4 Å². The maximum atomic E-state index is 11.9. The van der Waals surface area contributed by atoms with Gasteiger partial charge in [-0.1, -0.05) is 33.2 Å². The van der Waals surface area contributed by atoms with E-state index in [0.717, 1.165) is 10.0 Å². The lowest BCUT2D eigenvalue weighted by atomic mass is 10.2. The molecule has 7 heteroatoms. The number of carbonyl (C=O) groups excluding carboxylic acids is 2. The molecule has 6 nitrogen and oxygen atoms in total. The molecule has 0 saturated carbocycles. The highest BCUT2D eigenvalue weighted by Crippen LogP contribution is 2.12. The van der Waals surface area contributed by atoms with Crippen molar-refractivity contribution in [2.24, 2.45) is 0 Å². The number of nitrogens with one attached hydrogen (secondary N) is 1. The van der Waals surface area contributed by atoms with Crippen molar-refractivity contribution in [1.29, 1.82) is 0 Å². The molecule has 0 aliphatic rings. The van der Waals surface area contributed by atoms with Gasteiger partial charge in [0.25, 0.3) is 5.91 Å². The Bertz CT molecular complexity index is 722. The molecule has 1 atom stereocenters. The van der Waals surface area contributed by atoms with Gasteiger partial charge in [-0.05, 0) is 37.6 Å². The minimum atomic E-state index is -0.950. The summed E-state index contributed by atoms with van der Waals surface area (Å²) in [6.07, 6.45) is 1.93. The highest BCUT2D eigenvalue weighted by Gasteiger charge is 2.17. The molecular formula is C16H15BrN2O4. The van der Waals surface area contributed by atoms with Gasteiger partial charge < -0.3 is 14.6 Å². The third-order valence-electron chi connectivity index (χ3n) is 2.82. The van der Waals surface area contributed by atoms with Crippen LogP contribution in [0.2, 0.25) is 0 Å². The second-order valence-corrected chi connectivity index (χ2v) is 5.69. The van der Waals surface area contributed by atoms with E-state index in [0.29, 0.717) is 5.76 Å². The summed E-state index contributed by atoms with van der Waals surface area (Å²) in [6.45, 7) is 3.19. The predicted molar refractivity (Wildman–Crippen MR) is 88.6 cm³/mol. The number of rotatable bonds is 5. The van der Waals surface area contributed by atoms with Crippen LogP contribution in [0.4, 0.5) is 5.82 Å². The molecule has 23 heavy (non-hydrogen) atoms. The molecule has 0 saturated heterocycles. The lowest BCUT2D eigenvalue weighted by Gasteiger charge is -2.10. The zero-order valence-corrected chi connectivity index (χ0v) is 14.2. The van der Waals surface area contributed by atoms with E-state index in [1.165, 1.54) is 13.0 Å². The third kappa shape index (κ3) is 5.37. The average molecular weight is 379 g/mol. The Hall–Kier alpha value is -2.41. The first-order valence-corrected chi connectivity index (χ1v) is 7.62. The summed E-state index contributed by atoms with van der Waals surface area (Å²) in [4.78, 5) is 23.6. The Morgan fingerprint density at radius 3 is 2.65 bits per heavy atom. The van der Waals surface area contributed by atoms with E-state index >= 15 is 0 Å².